The molecular weight excluding hydrogens is 525 g/mol. The van der Waals surface area contributed by atoms with E-state index in [1.807, 2.05) is 38.1 Å². The molecule has 2 aromatic carbocycles. The van der Waals surface area contributed by atoms with Gasteiger partial charge in [0.2, 0.25) is 5.91 Å². The first-order valence-corrected chi connectivity index (χ1v) is 13.3. The number of carbonyl (C=O) groups excluding carboxylic acids is 2. The quantitative estimate of drug-likeness (QED) is 0.215. The standard InChI is InChI=1S/C29H25ClFN3O3S/c1-16-24(17(2)34(33-16)22-6-4-21(31)5-7-22)8-11-28(36)32-15-23-13-20-12-19(14-25(30)29(20)37-23)27-10-9-26(38-27)18(3)35/h4-12,14,23H,13,15H2,1-3H3,(H,32,36). The van der Waals surface area contributed by atoms with Crippen LogP contribution in [0.3, 0.4) is 0 Å². The summed E-state index contributed by atoms with van der Waals surface area (Å²) in [4.78, 5) is 25.9. The predicted molar refractivity (Wildman–Crippen MR) is 148 cm³/mol. The molecule has 0 spiro atoms. The Morgan fingerprint density at radius 1 is 1.21 bits per heavy atom. The van der Waals surface area contributed by atoms with Gasteiger partial charge in [0, 0.05) is 34.2 Å². The molecule has 1 N–H and O–H groups in total. The lowest BCUT2D eigenvalue weighted by Crippen LogP contribution is -2.33. The van der Waals surface area contributed by atoms with Crippen molar-refractivity contribution in [1.82, 2.24) is 15.1 Å². The highest BCUT2D eigenvalue weighted by Gasteiger charge is 2.26. The van der Waals surface area contributed by atoms with E-state index in [0.29, 0.717) is 28.6 Å². The fourth-order valence-electron chi connectivity index (χ4n) is 4.49. The van der Waals surface area contributed by atoms with Gasteiger partial charge in [-0.2, -0.15) is 5.10 Å². The molecule has 1 amide bonds. The van der Waals surface area contributed by atoms with E-state index in [1.54, 1.807) is 29.8 Å². The summed E-state index contributed by atoms with van der Waals surface area (Å²) >= 11 is 7.95. The number of thiophene rings is 1. The van der Waals surface area contributed by atoms with Crippen LogP contribution in [-0.4, -0.2) is 34.1 Å². The van der Waals surface area contributed by atoms with Crippen molar-refractivity contribution in [3.63, 3.8) is 0 Å². The number of ketones is 1. The smallest absolute Gasteiger partial charge is 0.244 e. The highest BCUT2D eigenvalue weighted by molar-refractivity contribution is 7.17. The van der Waals surface area contributed by atoms with Gasteiger partial charge in [-0.05, 0) is 80.9 Å². The van der Waals surface area contributed by atoms with Crippen LogP contribution in [0.2, 0.25) is 5.02 Å². The van der Waals surface area contributed by atoms with Gasteiger partial charge in [0.1, 0.15) is 17.7 Å². The van der Waals surface area contributed by atoms with Crippen molar-refractivity contribution in [2.24, 2.45) is 0 Å². The topological polar surface area (TPSA) is 73.2 Å². The first-order valence-electron chi connectivity index (χ1n) is 12.1. The summed E-state index contributed by atoms with van der Waals surface area (Å²) in [7, 11) is 0. The van der Waals surface area contributed by atoms with Crippen LogP contribution < -0.4 is 10.1 Å². The van der Waals surface area contributed by atoms with Crippen molar-refractivity contribution in [2.75, 3.05) is 6.54 Å². The molecule has 0 radical (unpaired) electrons. The second kappa shape index (κ2) is 10.6. The second-order valence-electron chi connectivity index (χ2n) is 9.16. The lowest BCUT2D eigenvalue weighted by molar-refractivity contribution is -0.116. The molecule has 1 aliphatic heterocycles. The predicted octanol–water partition coefficient (Wildman–Crippen LogP) is 6.35. The Hall–Kier alpha value is -3.75. The van der Waals surface area contributed by atoms with Gasteiger partial charge >= 0.3 is 0 Å². The Morgan fingerprint density at radius 3 is 2.68 bits per heavy atom. The van der Waals surface area contributed by atoms with Crippen molar-refractivity contribution < 1.29 is 18.7 Å². The summed E-state index contributed by atoms with van der Waals surface area (Å²) in [6.45, 7) is 5.64. The molecule has 2 aromatic heterocycles. The zero-order chi connectivity index (χ0) is 27.0. The van der Waals surface area contributed by atoms with E-state index in [0.717, 1.165) is 38.6 Å². The van der Waals surface area contributed by atoms with Gasteiger partial charge in [0.15, 0.2) is 5.78 Å². The van der Waals surface area contributed by atoms with Gasteiger partial charge in [-0.15, -0.1) is 11.3 Å². The number of Topliss-reactive ketones (excluding diaryl/α,β-unsaturated/α-hetero) is 1. The zero-order valence-electron chi connectivity index (χ0n) is 21.0. The summed E-state index contributed by atoms with van der Waals surface area (Å²) in [5.41, 5.74) is 5.09. The molecule has 1 unspecified atom stereocenters. The van der Waals surface area contributed by atoms with Gasteiger partial charge < -0.3 is 10.1 Å². The number of aromatic nitrogens is 2. The fourth-order valence-corrected chi connectivity index (χ4v) is 5.66. The molecule has 1 aliphatic rings. The highest BCUT2D eigenvalue weighted by atomic mass is 35.5. The maximum Gasteiger partial charge on any atom is 0.244 e. The van der Waals surface area contributed by atoms with E-state index < -0.39 is 0 Å². The van der Waals surface area contributed by atoms with Crippen LogP contribution >= 0.6 is 22.9 Å². The number of carbonyl (C=O) groups is 2. The number of amides is 1. The van der Waals surface area contributed by atoms with Crippen LogP contribution in [0, 0.1) is 19.7 Å². The van der Waals surface area contributed by atoms with Gasteiger partial charge in [0.05, 0.1) is 27.8 Å². The van der Waals surface area contributed by atoms with Crippen molar-refractivity contribution in [3.8, 4) is 21.9 Å². The summed E-state index contributed by atoms with van der Waals surface area (Å²) in [5, 5.41) is 7.93. The van der Waals surface area contributed by atoms with E-state index in [2.05, 4.69) is 10.4 Å². The van der Waals surface area contributed by atoms with Crippen molar-refractivity contribution >= 4 is 40.7 Å². The van der Waals surface area contributed by atoms with Crippen LogP contribution in [0.1, 0.15) is 39.1 Å². The molecule has 1 atom stereocenters. The molecule has 194 valence electrons. The van der Waals surface area contributed by atoms with Crippen molar-refractivity contribution in [1.29, 1.82) is 0 Å². The number of halogens is 2. The average Bonchev–Trinajstić information content (AvgIpc) is 3.60. The Morgan fingerprint density at radius 2 is 1.97 bits per heavy atom. The second-order valence-corrected chi connectivity index (χ2v) is 10.7. The van der Waals surface area contributed by atoms with Crippen molar-refractivity contribution in [3.05, 3.63) is 92.8 Å². The third kappa shape index (κ3) is 5.28. The van der Waals surface area contributed by atoms with E-state index in [9.17, 15) is 14.0 Å². The molecule has 5 rings (SSSR count). The monoisotopic (exact) mass is 549 g/mol. The zero-order valence-corrected chi connectivity index (χ0v) is 22.6. The number of ether oxygens (including phenoxy) is 1. The summed E-state index contributed by atoms with van der Waals surface area (Å²) in [6.07, 6.45) is 3.58. The number of hydrogen-bond acceptors (Lipinski definition) is 5. The molecule has 3 heterocycles. The summed E-state index contributed by atoms with van der Waals surface area (Å²) in [5.74, 6) is 0.108. The van der Waals surface area contributed by atoms with Crippen LogP contribution in [0.25, 0.3) is 22.2 Å². The molecule has 0 saturated carbocycles. The van der Waals surface area contributed by atoms with E-state index in [1.165, 1.54) is 29.5 Å². The largest absolute Gasteiger partial charge is 0.486 e. The van der Waals surface area contributed by atoms with Crippen molar-refractivity contribution in [2.45, 2.75) is 33.3 Å². The minimum atomic E-state index is -0.310. The number of rotatable bonds is 7. The van der Waals surface area contributed by atoms with Gasteiger partial charge in [0.25, 0.3) is 0 Å². The number of nitrogens with one attached hydrogen (secondary N) is 1. The number of hydrogen-bond donors (Lipinski definition) is 1. The average molecular weight is 550 g/mol. The third-order valence-electron chi connectivity index (χ3n) is 6.41. The molecule has 0 aliphatic carbocycles. The first kappa shape index (κ1) is 25.9. The van der Waals surface area contributed by atoms with Crippen LogP contribution in [0.5, 0.6) is 5.75 Å². The third-order valence-corrected chi connectivity index (χ3v) is 7.93. The molecule has 4 aromatic rings. The molecule has 0 fully saturated rings. The summed E-state index contributed by atoms with van der Waals surface area (Å²) in [6, 6.07) is 13.7. The fraction of sp³-hybridized carbons (Fsp3) is 0.207. The van der Waals surface area contributed by atoms with Crippen LogP contribution in [-0.2, 0) is 11.2 Å². The molecule has 9 heteroatoms. The maximum atomic E-state index is 13.3. The first-order chi connectivity index (χ1) is 18.2. The molecule has 0 bridgehead atoms. The lowest BCUT2D eigenvalue weighted by atomic mass is 10.1. The van der Waals surface area contributed by atoms with Crippen LogP contribution in [0.4, 0.5) is 4.39 Å². The number of fused-ring (bicyclic) bond motifs is 1. The molecule has 0 saturated heterocycles. The SMILES string of the molecule is CC(=O)c1ccc(-c2cc(Cl)c3c(c2)CC(CNC(=O)C=Cc2c(C)nn(-c4ccc(F)cc4)c2C)O3)s1. The van der Waals surface area contributed by atoms with E-state index in [-0.39, 0.29) is 23.6 Å². The number of aryl methyl sites for hydroxylation is 1. The normalized spacial score (nSPS) is 14.5. The van der Waals surface area contributed by atoms with Gasteiger partial charge in [-0.3, -0.25) is 9.59 Å². The van der Waals surface area contributed by atoms with E-state index in [4.69, 9.17) is 16.3 Å². The molecule has 38 heavy (non-hydrogen) atoms. The molecular formula is C29H25ClFN3O3S. The lowest BCUT2D eigenvalue weighted by Gasteiger charge is -2.11. The minimum Gasteiger partial charge on any atom is -0.486 e. The minimum absolute atomic E-state index is 0.0359. The number of nitrogens with zero attached hydrogens (tertiary/aromatic N) is 2. The Bertz CT molecular complexity index is 1570. The summed E-state index contributed by atoms with van der Waals surface area (Å²) < 4.78 is 21.0. The van der Waals surface area contributed by atoms with Gasteiger partial charge in [-0.1, -0.05) is 11.6 Å². The van der Waals surface area contributed by atoms with Gasteiger partial charge in [-0.25, -0.2) is 9.07 Å². The highest BCUT2D eigenvalue weighted by Crippen LogP contribution is 2.41. The van der Waals surface area contributed by atoms with E-state index >= 15 is 0 Å². The van der Waals surface area contributed by atoms with Crippen LogP contribution in [0.15, 0.2) is 54.6 Å². The molecule has 6 nitrogen and oxygen atoms in total. The maximum absolute atomic E-state index is 13.3. The number of benzene rings is 2. The Kier molecular flexibility index (Phi) is 7.19. The Labute approximate surface area is 228 Å². The Balaban J connectivity index is 1.22.